The van der Waals surface area contributed by atoms with Gasteiger partial charge < -0.3 is 30.2 Å². The van der Waals surface area contributed by atoms with Crippen LogP contribution in [0.2, 0.25) is 0 Å². The van der Waals surface area contributed by atoms with Gasteiger partial charge in [-0.2, -0.15) is 0 Å². The molecule has 0 aliphatic carbocycles. The number of benzene rings is 2. The summed E-state index contributed by atoms with van der Waals surface area (Å²) in [6.07, 6.45) is 0. The third-order valence-corrected chi connectivity index (χ3v) is 2.86. The SMILES string of the molecule is CC(C)(C)[N-]c1ccccc1Oc1ccccc1[N-]C(C)(C)C.[CH3-].[CH3-].[Zr+4]. The quantitative estimate of drug-likeness (QED) is 0.452. The van der Waals surface area contributed by atoms with Crippen LogP contribution in [0.4, 0.5) is 11.4 Å². The van der Waals surface area contributed by atoms with Gasteiger partial charge in [0.2, 0.25) is 0 Å². The summed E-state index contributed by atoms with van der Waals surface area (Å²) in [5.74, 6) is 1.50. The zero-order chi connectivity index (χ0) is 17.1. The predicted octanol–water partition coefficient (Wildman–Crippen LogP) is 7.98. The van der Waals surface area contributed by atoms with E-state index in [1.165, 1.54) is 0 Å². The fraction of sp³-hybridized carbons (Fsp3) is 0.364. The van der Waals surface area contributed by atoms with E-state index in [9.17, 15) is 0 Å². The van der Waals surface area contributed by atoms with Crippen LogP contribution in [0.3, 0.4) is 0 Å². The maximum atomic E-state index is 6.14. The minimum absolute atomic E-state index is 0. The second kappa shape index (κ2) is 10.8. The van der Waals surface area contributed by atoms with E-state index in [2.05, 4.69) is 41.5 Å². The van der Waals surface area contributed by atoms with Crippen molar-refractivity contribution in [1.29, 1.82) is 0 Å². The average Bonchev–Trinajstić information content (AvgIpc) is 2.40. The van der Waals surface area contributed by atoms with Crippen molar-refractivity contribution < 1.29 is 30.9 Å². The fourth-order valence-electron chi connectivity index (χ4n) is 2.11. The first-order valence-corrected chi connectivity index (χ1v) is 7.96. The van der Waals surface area contributed by atoms with Gasteiger partial charge in [-0.25, -0.2) is 0 Å². The Hall–Kier alpha value is -1.28. The number of ether oxygens (including phenoxy) is 1. The van der Waals surface area contributed by atoms with Crippen molar-refractivity contribution in [2.45, 2.75) is 52.6 Å². The maximum Gasteiger partial charge on any atom is 4.00 e. The van der Waals surface area contributed by atoms with Gasteiger partial charge in [0.05, 0.1) is 0 Å². The molecule has 2 rings (SSSR count). The van der Waals surface area contributed by atoms with Crippen LogP contribution < -0.4 is 4.74 Å². The molecule has 26 heavy (non-hydrogen) atoms. The molecule has 2 aromatic carbocycles. The second-order valence-electron chi connectivity index (χ2n) is 7.60. The van der Waals surface area contributed by atoms with Crippen LogP contribution in [0, 0.1) is 14.9 Å². The summed E-state index contributed by atoms with van der Waals surface area (Å²) >= 11 is 0. The molecule has 0 unspecified atom stereocenters. The Morgan fingerprint density at radius 1 is 0.615 bits per heavy atom. The van der Waals surface area contributed by atoms with Gasteiger partial charge in [0.1, 0.15) is 11.5 Å². The first-order valence-electron chi connectivity index (χ1n) is 7.96. The monoisotopic (exact) mass is 430 g/mol. The van der Waals surface area contributed by atoms with E-state index in [4.69, 9.17) is 15.4 Å². The molecule has 0 saturated carbocycles. The van der Waals surface area contributed by atoms with E-state index in [1.54, 1.807) is 0 Å². The van der Waals surface area contributed by atoms with Crippen molar-refractivity contribution in [1.82, 2.24) is 0 Å². The molecule has 0 saturated heterocycles. The minimum Gasteiger partial charge on any atom is -0.677 e. The number of rotatable bonds is 4. The third kappa shape index (κ3) is 8.89. The first kappa shape index (κ1) is 26.9. The van der Waals surface area contributed by atoms with Crippen molar-refractivity contribution >= 4 is 11.4 Å². The Bertz CT molecular complexity index is 600. The van der Waals surface area contributed by atoms with Gasteiger partial charge in [0.15, 0.2) is 0 Å². The fourth-order valence-corrected chi connectivity index (χ4v) is 2.11. The summed E-state index contributed by atoms with van der Waals surface area (Å²) in [5.41, 5.74) is 1.39. The molecule has 4 heteroatoms. The summed E-state index contributed by atoms with van der Waals surface area (Å²) in [6.45, 7) is 12.5. The Labute approximate surface area is 180 Å². The zero-order valence-electron chi connectivity index (χ0n) is 17.4. The summed E-state index contributed by atoms with van der Waals surface area (Å²) in [6, 6.07) is 15.7. The Morgan fingerprint density at radius 3 is 1.23 bits per heavy atom. The van der Waals surface area contributed by atoms with Crippen LogP contribution in [0.5, 0.6) is 11.5 Å². The van der Waals surface area contributed by atoms with Crippen molar-refractivity contribution in [3.63, 3.8) is 0 Å². The molecule has 0 spiro atoms. The Balaban J connectivity index is 0. The van der Waals surface area contributed by atoms with Crippen molar-refractivity contribution in [3.8, 4) is 11.5 Å². The van der Waals surface area contributed by atoms with Crippen molar-refractivity contribution in [2.75, 3.05) is 0 Å². The molecule has 0 N–H and O–H groups in total. The summed E-state index contributed by atoms with van der Waals surface area (Å²) in [4.78, 5) is 0. The molecule has 2 aromatic rings. The zero-order valence-corrected chi connectivity index (χ0v) is 19.9. The largest absolute Gasteiger partial charge is 4.00 e. The number of para-hydroxylation sites is 4. The van der Waals surface area contributed by atoms with Crippen molar-refractivity contribution in [3.05, 3.63) is 74.0 Å². The molecule has 140 valence electrons. The van der Waals surface area contributed by atoms with Crippen LogP contribution in [-0.4, -0.2) is 11.1 Å². The number of hydrogen-bond donors (Lipinski definition) is 0. The van der Waals surface area contributed by atoms with Crippen LogP contribution in [0.25, 0.3) is 10.6 Å². The Morgan fingerprint density at radius 2 is 0.923 bits per heavy atom. The van der Waals surface area contributed by atoms with Gasteiger partial charge in [-0.1, -0.05) is 89.3 Å². The molecule has 0 atom stereocenters. The van der Waals surface area contributed by atoms with Gasteiger partial charge in [-0.3, -0.25) is 0 Å². The molecule has 3 nitrogen and oxygen atoms in total. The van der Waals surface area contributed by atoms with E-state index in [1.807, 2.05) is 48.5 Å². The molecule has 0 bridgehead atoms. The number of nitrogens with zero attached hydrogens (tertiary/aromatic N) is 2. The average molecular weight is 432 g/mol. The molecular weight excluding hydrogens is 399 g/mol. The summed E-state index contributed by atoms with van der Waals surface area (Å²) < 4.78 is 6.14. The third-order valence-electron chi connectivity index (χ3n) is 2.86. The molecule has 0 heterocycles. The normalized spacial score (nSPS) is 10.5. The van der Waals surface area contributed by atoms with Crippen LogP contribution in [0.15, 0.2) is 48.5 Å². The topological polar surface area (TPSA) is 37.4 Å². The predicted molar refractivity (Wildman–Crippen MR) is 111 cm³/mol. The molecule has 0 aliphatic rings. The number of hydrogen-bond acceptors (Lipinski definition) is 1. The summed E-state index contributed by atoms with van der Waals surface area (Å²) in [7, 11) is 0. The summed E-state index contributed by atoms with van der Waals surface area (Å²) in [5, 5.41) is 9.47. The van der Waals surface area contributed by atoms with Crippen LogP contribution in [0.1, 0.15) is 41.5 Å². The van der Waals surface area contributed by atoms with Gasteiger partial charge in [-0.15, -0.1) is 11.1 Å². The minimum atomic E-state index is -0.158. The molecule has 0 amide bonds. The van der Waals surface area contributed by atoms with E-state index >= 15 is 0 Å². The first-order chi connectivity index (χ1) is 10.6. The second-order valence-corrected chi connectivity index (χ2v) is 7.60. The van der Waals surface area contributed by atoms with E-state index < -0.39 is 0 Å². The van der Waals surface area contributed by atoms with Gasteiger partial charge in [0, 0.05) is 0 Å². The molecular formula is C22H32N2OZr. The van der Waals surface area contributed by atoms with Crippen LogP contribution in [-0.2, 0) is 26.2 Å². The Kier molecular flexibility index (Phi) is 11.2. The molecule has 0 fully saturated rings. The smallest absolute Gasteiger partial charge is 0.677 e. The van der Waals surface area contributed by atoms with E-state index in [0.29, 0.717) is 0 Å². The van der Waals surface area contributed by atoms with E-state index in [0.717, 1.165) is 22.9 Å². The van der Waals surface area contributed by atoms with Crippen molar-refractivity contribution in [2.24, 2.45) is 0 Å². The van der Waals surface area contributed by atoms with Crippen LogP contribution >= 0.6 is 0 Å². The molecule has 0 radical (unpaired) electrons. The van der Waals surface area contributed by atoms with Gasteiger partial charge in [-0.05, 0) is 12.1 Å². The van der Waals surface area contributed by atoms with E-state index in [-0.39, 0.29) is 52.1 Å². The van der Waals surface area contributed by atoms with Gasteiger partial charge in [0.25, 0.3) is 0 Å². The maximum absolute atomic E-state index is 6.14. The molecule has 0 aliphatic heterocycles. The van der Waals surface area contributed by atoms with Gasteiger partial charge >= 0.3 is 26.2 Å². The standard InChI is InChI=1S/C20H26N2O.2CH3.Zr/c1-19(2,3)21-15-11-7-9-13-17(15)23-18-14-10-8-12-16(18)22-20(4,5)6;;;/h7-14H,1-6H3;2*1H3;/q-2;2*-1;+4. The molecule has 0 aromatic heterocycles.